The number of halogens is 1. The summed E-state index contributed by atoms with van der Waals surface area (Å²) in [5.74, 6) is 1.16. The van der Waals surface area contributed by atoms with Crippen LogP contribution in [0.4, 0.5) is 5.69 Å². The van der Waals surface area contributed by atoms with Crippen molar-refractivity contribution in [2.45, 2.75) is 72.0 Å². The first-order valence-corrected chi connectivity index (χ1v) is 25.7. The number of aromatic nitrogens is 1. The zero-order valence-corrected chi connectivity index (χ0v) is 39.3. The van der Waals surface area contributed by atoms with Crippen molar-refractivity contribution in [1.29, 1.82) is 0 Å². The number of fused-ring (bicyclic) bond motifs is 1. The molecule has 3 heterocycles. The van der Waals surface area contributed by atoms with Crippen LogP contribution >= 0.6 is 11.6 Å². The zero-order valence-electron chi connectivity index (χ0n) is 37.6. The van der Waals surface area contributed by atoms with Crippen molar-refractivity contribution in [3.05, 3.63) is 135 Å². The number of hydrogen-bond donors (Lipinski definition) is 0. The van der Waals surface area contributed by atoms with Gasteiger partial charge in [-0.3, -0.25) is 14.5 Å². The molecule has 0 unspecified atom stereocenters. The first-order valence-electron chi connectivity index (χ1n) is 21.6. The van der Waals surface area contributed by atoms with Gasteiger partial charge in [0.15, 0.2) is 6.79 Å². The van der Waals surface area contributed by atoms with Crippen LogP contribution in [0.2, 0.25) is 30.7 Å². The molecule has 0 spiro atoms. The summed E-state index contributed by atoms with van der Waals surface area (Å²) in [6, 6.07) is 28.5. The second-order valence-electron chi connectivity index (χ2n) is 17.8. The largest absolute Gasteiger partial charge is 0.496 e. The summed E-state index contributed by atoms with van der Waals surface area (Å²) in [6.45, 7) is 18.3. The maximum atomic E-state index is 15.2. The number of carbonyl (C=O) groups excluding carboxylic acids is 2. The Morgan fingerprint density at radius 2 is 1.63 bits per heavy atom. The summed E-state index contributed by atoms with van der Waals surface area (Å²) < 4.78 is 25.1. The van der Waals surface area contributed by atoms with Gasteiger partial charge >= 0.3 is 0 Å². The molecule has 1 aromatic heterocycles. The predicted molar refractivity (Wildman–Crippen MR) is 251 cm³/mol. The molecule has 0 aliphatic carbocycles. The van der Waals surface area contributed by atoms with Crippen molar-refractivity contribution in [3.8, 4) is 22.8 Å². The molecule has 1 fully saturated rings. The number of hydrogen-bond acceptors (Lipinski definition) is 7. The highest BCUT2D eigenvalue weighted by Crippen LogP contribution is 2.37. The van der Waals surface area contributed by atoms with Crippen molar-refractivity contribution < 1.29 is 28.5 Å². The second-order valence-corrected chi connectivity index (χ2v) is 23.9. The molecule has 328 valence electrons. The van der Waals surface area contributed by atoms with Gasteiger partial charge in [-0.25, -0.2) is 0 Å². The molecule has 12 heteroatoms. The van der Waals surface area contributed by atoms with Gasteiger partial charge in [-0.2, -0.15) is 0 Å². The molecule has 5 aromatic rings. The fourth-order valence-electron chi connectivity index (χ4n) is 8.55. The summed E-state index contributed by atoms with van der Waals surface area (Å²) in [6.07, 6.45) is 0.762. The van der Waals surface area contributed by atoms with Gasteiger partial charge in [0, 0.05) is 81.6 Å². The fourth-order valence-corrected chi connectivity index (χ4v) is 9.58. The van der Waals surface area contributed by atoms with E-state index in [1.54, 1.807) is 18.1 Å². The minimum Gasteiger partial charge on any atom is -0.496 e. The summed E-state index contributed by atoms with van der Waals surface area (Å²) in [7, 11) is 2.40. The van der Waals surface area contributed by atoms with Gasteiger partial charge in [-0.1, -0.05) is 67.6 Å². The van der Waals surface area contributed by atoms with Crippen LogP contribution in [-0.4, -0.2) is 93.7 Å². The molecule has 0 bridgehead atoms. The van der Waals surface area contributed by atoms with E-state index < -0.39 is 8.07 Å². The van der Waals surface area contributed by atoms with Crippen LogP contribution in [-0.2, 0) is 36.0 Å². The lowest BCUT2D eigenvalue weighted by Gasteiger charge is -2.40. The molecule has 0 radical (unpaired) electrons. The summed E-state index contributed by atoms with van der Waals surface area (Å²) in [4.78, 5) is 36.5. The number of ether oxygens (including phenoxy) is 4. The van der Waals surface area contributed by atoms with Gasteiger partial charge in [-0.05, 0) is 110 Å². The van der Waals surface area contributed by atoms with E-state index in [1.807, 2.05) is 97.9 Å². The van der Waals surface area contributed by atoms with Gasteiger partial charge in [0.1, 0.15) is 11.5 Å². The Morgan fingerprint density at radius 1 is 0.903 bits per heavy atom. The molecule has 62 heavy (non-hydrogen) atoms. The van der Waals surface area contributed by atoms with Crippen LogP contribution in [0.3, 0.4) is 0 Å². The number of morpholine rings is 1. The highest BCUT2D eigenvalue weighted by Gasteiger charge is 2.35. The second kappa shape index (κ2) is 19.6. The molecule has 10 nitrogen and oxygen atoms in total. The molecule has 0 N–H and O–H groups in total. The van der Waals surface area contributed by atoms with Gasteiger partial charge < -0.3 is 33.3 Å². The Bertz CT molecular complexity index is 2390. The molecular formula is C50H61ClN4O6Si. The Hall–Kier alpha value is -4.91. The first kappa shape index (κ1) is 45.1. The summed E-state index contributed by atoms with van der Waals surface area (Å²) >= 11 is 6.80. The molecule has 1 atom stereocenters. The molecule has 7 rings (SSSR count). The van der Waals surface area contributed by atoms with Gasteiger partial charge in [-0.15, -0.1) is 0 Å². The smallest absolute Gasteiger partial charge is 0.260 e. The number of benzene rings is 4. The fraction of sp³-hybridized carbons (Fsp3) is 0.400. The standard InChI is InChI=1S/C50H61ClN4O6Si/c1-34-26-40(51)28-45(50(57)55-31-39-13-10-9-12-37(39)27-42(55)32-53-20-22-59-23-21-53)48(34)46-29-44(36(3)52(46)4)49(56)54(30-38-14-11-15-47(58-5)35(38)2)41-16-18-43(19-17-41)61-33-60-24-25-62(6,7)8/h9-19,26,28-29,42H,20-25,27,30-33H2,1-8H3/t42-/m0/s1. The molecule has 2 amide bonds. The average molecular weight is 878 g/mol. The minimum absolute atomic E-state index is 0.0390. The molecule has 1 saturated heterocycles. The lowest BCUT2D eigenvalue weighted by atomic mass is 9.91. The molecular weight excluding hydrogens is 816 g/mol. The normalized spacial score (nSPS) is 15.6. The molecule has 2 aliphatic heterocycles. The lowest BCUT2D eigenvalue weighted by Crippen LogP contribution is -2.52. The van der Waals surface area contributed by atoms with Gasteiger partial charge in [0.25, 0.3) is 11.8 Å². The van der Waals surface area contributed by atoms with Crippen molar-refractivity contribution in [1.82, 2.24) is 14.4 Å². The summed E-state index contributed by atoms with van der Waals surface area (Å²) in [5.41, 5.74) is 9.26. The number of amides is 2. The maximum Gasteiger partial charge on any atom is 0.260 e. The van der Waals surface area contributed by atoms with Crippen molar-refractivity contribution >= 4 is 37.2 Å². The highest BCUT2D eigenvalue weighted by atomic mass is 35.5. The minimum atomic E-state index is -1.21. The van der Waals surface area contributed by atoms with E-state index in [0.717, 1.165) is 77.1 Å². The van der Waals surface area contributed by atoms with E-state index in [1.165, 1.54) is 5.56 Å². The Labute approximate surface area is 373 Å². The number of anilines is 1. The quantitative estimate of drug-likeness (QED) is 0.0589. The SMILES string of the molecule is COc1cccc(CN(C(=O)c2cc(-c3c(C)cc(Cl)cc3C(=O)N3Cc4ccccc4C[C@H]3CN3CCOCC3)n(C)c2C)c2ccc(OCOCC[Si](C)(C)C)cc2)c1C. The van der Waals surface area contributed by atoms with E-state index in [0.29, 0.717) is 60.5 Å². The topological polar surface area (TPSA) is 85.7 Å². The van der Waals surface area contributed by atoms with Crippen LogP contribution < -0.4 is 14.4 Å². The van der Waals surface area contributed by atoms with E-state index in [4.69, 9.17) is 30.5 Å². The van der Waals surface area contributed by atoms with Crippen molar-refractivity contribution in [2.75, 3.05) is 58.3 Å². The number of aryl methyl sites for hydroxylation is 1. The van der Waals surface area contributed by atoms with Gasteiger partial charge in [0.05, 0.1) is 38.0 Å². The highest BCUT2D eigenvalue weighted by molar-refractivity contribution is 6.76. The van der Waals surface area contributed by atoms with Crippen molar-refractivity contribution in [3.63, 3.8) is 0 Å². The molecule has 0 saturated carbocycles. The number of methoxy groups -OCH3 is 1. The van der Waals surface area contributed by atoms with E-state index in [-0.39, 0.29) is 24.6 Å². The maximum absolute atomic E-state index is 15.2. The van der Waals surface area contributed by atoms with Crippen LogP contribution in [0.25, 0.3) is 11.3 Å². The number of carbonyl (C=O) groups is 2. The van der Waals surface area contributed by atoms with Crippen molar-refractivity contribution in [2.24, 2.45) is 7.05 Å². The number of rotatable bonds is 15. The third-order valence-corrected chi connectivity index (χ3v) is 14.3. The number of nitrogens with zero attached hydrogens (tertiary/aromatic N) is 4. The zero-order chi connectivity index (χ0) is 44.1. The van der Waals surface area contributed by atoms with Gasteiger partial charge in [0.2, 0.25) is 0 Å². The predicted octanol–water partition coefficient (Wildman–Crippen LogP) is 9.72. The van der Waals surface area contributed by atoms with E-state index in [9.17, 15) is 0 Å². The third kappa shape index (κ3) is 10.3. The molecule has 2 aliphatic rings. The monoisotopic (exact) mass is 876 g/mol. The Balaban J connectivity index is 1.23. The first-order chi connectivity index (χ1) is 29.7. The summed E-state index contributed by atoms with van der Waals surface area (Å²) in [5, 5.41) is 0.490. The average Bonchev–Trinajstić information content (AvgIpc) is 3.54. The van der Waals surface area contributed by atoms with E-state index >= 15 is 9.59 Å². The lowest BCUT2D eigenvalue weighted by molar-refractivity contribution is 0.0192. The van der Waals surface area contributed by atoms with Crippen LogP contribution in [0.5, 0.6) is 11.5 Å². The Morgan fingerprint density at radius 3 is 2.34 bits per heavy atom. The van der Waals surface area contributed by atoms with Crippen LogP contribution in [0, 0.1) is 20.8 Å². The Kier molecular flexibility index (Phi) is 14.3. The molecule has 4 aromatic carbocycles. The van der Waals surface area contributed by atoms with E-state index in [2.05, 4.69) is 42.7 Å². The third-order valence-electron chi connectivity index (χ3n) is 12.4. The van der Waals surface area contributed by atoms with Crippen LogP contribution in [0.15, 0.2) is 84.9 Å². The van der Waals surface area contributed by atoms with Crippen LogP contribution in [0.1, 0.15) is 54.2 Å².